The summed E-state index contributed by atoms with van der Waals surface area (Å²) < 4.78 is 7.22. The normalized spacial score (nSPS) is 16.1. The molecule has 28 heavy (non-hydrogen) atoms. The van der Waals surface area contributed by atoms with Crippen molar-refractivity contribution in [2.45, 2.75) is 30.6 Å². The van der Waals surface area contributed by atoms with E-state index in [0.717, 1.165) is 24.6 Å². The first-order chi connectivity index (χ1) is 13.6. The van der Waals surface area contributed by atoms with Crippen LogP contribution in [-0.4, -0.2) is 46.5 Å². The highest BCUT2D eigenvalue weighted by atomic mass is 32.2. The van der Waals surface area contributed by atoms with Crippen LogP contribution in [0.15, 0.2) is 46.9 Å². The van der Waals surface area contributed by atoms with Crippen molar-refractivity contribution in [1.29, 1.82) is 0 Å². The van der Waals surface area contributed by atoms with E-state index in [0.29, 0.717) is 29.2 Å². The fraction of sp³-hybridized carbons (Fsp3) is 0.368. The molecule has 0 aliphatic carbocycles. The van der Waals surface area contributed by atoms with Crippen LogP contribution in [0.4, 0.5) is 4.79 Å². The van der Waals surface area contributed by atoms with E-state index in [2.05, 4.69) is 22.2 Å². The highest BCUT2D eigenvalue weighted by molar-refractivity contribution is 7.99. The number of urea groups is 1. The molecule has 2 N–H and O–H groups in total. The van der Waals surface area contributed by atoms with Crippen LogP contribution < -0.4 is 16.2 Å². The maximum Gasteiger partial charge on any atom is 0.321 e. The molecule has 1 fully saturated rings. The number of ether oxygens (including phenoxy) is 1. The van der Waals surface area contributed by atoms with Crippen molar-refractivity contribution >= 4 is 34.6 Å². The summed E-state index contributed by atoms with van der Waals surface area (Å²) in [5.74, 6) is -0.518. The predicted molar refractivity (Wildman–Crippen MR) is 107 cm³/mol. The summed E-state index contributed by atoms with van der Waals surface area (Å²) in [7, 11) is 0. The highest BCUT2D eigenvalue weighted by Crippen LogP contribution is 2.20. The van der Waals surface area contributed by atoms with Crippen LogP contribution in [-0.2, 0) is 16.1 Å². The monoisotopic (exact) mass is 402 g/mol. The third kappa shape index (κ3) is 4.99. The SMILES string of the molecule is C=CCNC(=O)NC(=O)CSc1nc2ccccc2c(=O)n1C[C@@H]1CCCO1. The summed E-state index contributed by atoms with van der Waals surface area (Å²) >= 11 is 1.12. The van der Waals surface area contributed by atoms with Gasteiger partial charge in [0.05, 0.1) is 29.3 Å². The van der Waals surface area contributed by atoms with E-state index in [1.807, 2.05) is 6.07 Å². The van der Waals surface area contributed by atoms with Gasteiger partial charge in [-0.3, -0.25) is 19.5 Å². The van der Waals surface area contributed by atoms with E-state index in [4.69, 9.17) is 4.74 Å². The highest BCUT2D eigenvalue weighted by Gasteiger charge is 2.20. The number of nitrogens with one attached hydrogen (secondary N) is 2. The lowest BCUT2D eigenvalue weighted by Gasteiger charge is -2.16. The molecule has 1 atom stereocenters. The van der Waals surface area contributed by atoms with Gasteiger partial charge in [-0.1, -0.05) is 30.0 Å². The molecule has 0 radical (unpaired) electrons. The molecule has 1 saturated heterocycles. The Balaban J connectivity index is 1.78. The molecule has 3 amide bonds. The summed E-state index contributed by atoms with van der Waals surface area (Å²) in [6.45, 7) is 4.83. The van der Waals surface area contributed by atoms with Crippen molar-refractivity contribution in [2.24, 2.45) is 0 Å². The lowest BCUT2D eigenvalue weighted by Crippen LogP contribution is -2.40. The first-order valence-electron chi connectivity index (χ1n) is 9.01. The summed E-state index contributed by atoms with van der Waals surface area (Å²) in [6, 6.07) is 6.52. The van der Waals surface area contributed by atoms with E-state index in [1.54, 1.807) is 22.8 Å². The minimum atomic E-state index is -0.589. The molecule has 1 aliphatic heterocycles. The second kappa shape index (κ2) is 9.52. The van der Waals surface area contributed by atoms with Crippen LogP contribution in [0.25, 0.3) is 10.9 Å². The van der Waals surface area contributed by atoms with Crippen molar-refractivity contribution in [3.8, 4) is 0 Å². The Labute approximate surface area is 166 Å². The number of imide groups is 1. The molecule has 8 nitrogen and oxygen atoms in total. The lowest BCUT2D eigenvalue weighted by molar-refractivity contribution is -0.117. The first kappa shape index (κ1) is 20.1. The van der Waals surface area contributed by atoms with Gasteiger partial charge in [0.25, 0.3) is 5.56 Å². The Morgan fingerprint density at radius 2 is 2.21 bits per heavy atom. The van der Waals surface area contributed by atoms with Crippen LogP contribution in [0.5, 0.6) is 0 Å². The van der Waals surface area contributed by atoms with Crippen LogP contribution in [0, 0.1) is 0 Å². The Morgan fingerprint density at radius 1 is 1.39 bits per heavy atom. The zero-order valence-electron chi connectivity index (χ0n) is 15.3. The minimum absolute atomic E-state index is 0.0430. The van der Waals surface area contributed by atoms with Crippen LogP contribution >= 0.6 is 11.8 Å². The molecule has 2 heterocycles. The summed E-state index contributed by atoms with van der Waals surface area (Å²) in [5, 5.41) is 5.66. The second-order valence-electron chi connectivity index (χ2n) is 6.30. The molecular formula is C19H22N4O4S. The Bertz CT molecular complexity index is 937. The van der Waals surface area contributed by atoms with E-state index in [1.165, 1.54) is 6.08 Å². The number of carbonyl (C=O) groups excluding carboxylic acids is 2. The Kier molecular flexibility index (Phi) is 6.83. The molecule has 1 aliphatic rings. The minimum Gasteiger partial charge on any atom is -0.376 e. The molecule has 0 spiro atoms. The third-order valence-corrected chi connectivity index (χ3v) is 5.21. The number of rotatable bonds is 7. The van der Waals surface area contributed by atoms with E-state index in [9.17, 15) is 14.4 Å². The van der Waals surface area contributed by atoms with Gasteiger partial charge in [-0.25, -0.2) is 9.78 Å². The van der Waals surface area contributed by atoms with Crippen molar-refractivity contribution in [2.75, 3.05) is 18.9 Å². The topological polar surface area (TPSA) is 102 Å². The van der Waals surface area contributed by atoms with Gasteiger partial charge < -0.3 is 10.1 Å². The first-order valence-corrected chi connectivity index (χ1v) is 9.99. The Morgan fingerprint density at radius 3 is 2.96 bits per heavy atom. The maximum absolute atomic E-state index is 13.0. The van der Waals surface area contributed by atoms with Gasteiger partial charge >= 0.3 is 6.03 Å². The number of para-hydroxylation sites is 1. The van der Waals surface area contributed by atoms with E-state index < -0.39 is 11.9 Å². The number of amides is 3. The van der Waals surface area contributed by atoms with Crippen molar-refractivity contribution < 1.29 is 14.3 Å². The number of aromatic nitrogens is 2. The summed E-state index contributed by atoms with van der Waals surface area (Å²) in [6.07, 6.45) is 3.32. The fourth-order valence-corrected chi connectivity index (χ4v) is 3.72. The number of hydrogen-bond acceptors (Lipinski definition) is 6. The second-order valence-corrected chi connectivity index (χ2v) is 7.24. The smallest absolute Gasteiger partial charge is 0.321 e. The zero-order valence-corrected chi connectivity index (χ0v) is 16.2. The lowest BCUT2D eigenvalue weighted by atomic mass is 10.2. The number of hydrogen-bond donors (Lipinski definition) is 2. The van der Waals surface area contributed by atoms with Crippen LogP contribution in [0.1, 0.15) is 12.8 Å². The molecule has 3 rings (SSSR count). The molecule has 0 bridgehead atoms. The molecule has 1 aromatic heterocycles. The van der Waals surface area contributed by atoms with Gasteiger partial charge in [0.2, 0.25) is 5.91 Å². The average Bonchev–Trinajstić information content (AvgIpc) is 3.20. The van der Waals surface area contributed by atoms with Gasteiger partial charge in [0.1, 0.15) is 0 Å². The molecular weight excluding hydrogens is 380 g/mol. The Hall–Kier alpha value is -2.65. The third-order valence-electron chi connectivity index (χ3n) is 4.23. The number of benzene rings is 1. The average molecular weight is 402 g/mol. The number of nitrogens with zero attached hydrogens (tertiary/aromatic N) is 2. The fourth-order valence-electron chi connectivity index (χ4n) is 2.91. The molecule has 9 heteroatoms. The van der Waals surface area contributed by atoms with Crippen molar-refractivity contribution in [3.63, 3.8) is 0 Å². The zero-order chi connectivity index (χ0) is 19.9. The number of fused-ring (bicyclic) bond motifs is 1. The number of thioether (sulfide) groups is 1. The van der Waals surface area contributed by atoms with E-state index in [-0.39, 0.29) is 24.0 Å². The maximum atomic E-state index is 13.0. The standard InChI is InChI=1S/C19H22N4O4S/c1-2-9-20-18(26)22-16(24)12-28-19-21-15-8-4-3-7-14(15)17(25)23(19)11-13-6-5-10-27-13/h2-4,7-8,13H,1,5-6,9-12H2,(H2,20,22,24,26)/t13-/m0/s1. The van der Waals surface area contributed by atoms with Gasteiger partial charge in [-0.2, -0.15) is 0 Å². The van der Waals surface area contributed by atoms with Gasteiger partial charge in [-0.05, 0) is 25.0 Å². The number of carbonyl (C=O) groups is 2. The predicted octanol–water partition coefficient (Wildman–Crippen LogP) is 1.68. The molecule has 0 unspecified atom stereocenters. The van der Waals surface area contributed by atoms with Gasteiger partial charge in [0, 0.05) is 13.2 Å². The molecule has 148 valence electrons. The van der Waals surface area contributed by atoms with Crippen molar-refractivity contribution in [3.05, 3.63) is 47.3 Å². The molecule has 0 saturated carbocycles. The van der Waals surface area contributed by atoms with Crippen molar-refractivity contribution in [1.82, 2.24) is 20.2 Å². The van der Waals surface area contributed by atoms with E-state index >= 15 is 0 Å². The van der Waals surface area contributed by atoms with Gasteiger partial charge in [0.15, 0.2) is 5.16 Å². The van der Waals surface area contributed by atoms with Gasteiger partial charge in [-0.15, -0.1) is 6.58 Å². The quantitative estimate of drug-likeness (QED) is 0.415. The van der Waals surface area contributed by atoms with Crippen LogP contribution in [0.3, 0.4) is 0 Å². The molecule has 1 aromatic carbocycles. The van der Waals surface area contributed by atoms with Crippen LogP contribution in [0.2, 0.25) is 0 Å². The summed E-state index contributed by atoms with van der Waals surface area (Å²) in [4.78, 5) is 41.1. The largest absolute Gasteiger partial charge is 0.376 e. The molecule has 2 aromatic rings. The summed E-state index contributed by atoms with van der Waals surface area (Å²) in [5.41, 5.74) is 0.412.